The normalized spacial score (nSPS) is 12.1. The molecule has 0 saturated carbocycles. The average Bonchev–Trinajstić information content (AvgIpc) is 3.27. The topological polar surface area (TPSA) is 71.3 Å². The van der Waals surface area contributed by atoms with Crippen LogP contribution in [-0.2, 0) is 17.6 Å². The van der Waals surface area contributed by atoms with Crippen LogP contribution in [-0.4, -0.2) is 46.6 Å². The van der Waals surface area contributed by atoms with Crippen LogP contribution in [0.5, 0.6) is 0 Å². The number of hydrogen-bond donors (Lipinski definition) is 1. The molecule has 1 atom stereocenters. The van der Waals surface area contributed by atoms with Gasteiger partial charge in [-0.3, -0.25) is 9.69 Å². The summed E-state index contributed by atoms with van der Waals surface area (Å²) in [6.45, 7) is 6.71. The highest BCUT2D eigenvalue weighted by Gasteiger charge is 2.18. The highest BCUT2D eigenvalue weighted by molar-refractivity contribution is 5.76. The maximum atomic E-state index is 13.1. The molecule has 2 aromatic carbocycles. The van der Waals surface area contributed by atoms with Gasteiger partial charge in [-0.1, -0.05) is 49.3 Å². The minimum Gasteiger partial charge on any atom is -0.355 e. The molecular formula is C24H29FN4O2. The van der Waals surface area contributed by atoms with Gasteiger partial charge in [-0.25, -0.2) is 4.39 Å². The highest BCUT2D eigenvalue weighted by Crippen LogP contribution is 2.16. The molecule has 0 fully saturated rings. The molecule has 164 valence electrons. The molecule has 1 unspecified atom stereocenters. The van der Waals surface area contributed by atoms with E-state index in [0.29, 0.717) is 30.2 Å². The lowest BCUT2D eigenvalue weighted by Gasteiger charge is -2.30. The quantitative estimate of drug-likeness (QED) is 0.506. The number of rotatable bonds is 11. The van der Waals surface area contributed by atoms with Gasteiger partial charge in [-0.15, -0.1) is 0 Å². The van der Waals surface area contributed by atoms with E-state index >= 15 is 0 Å². The summed E-state index contributed by atoms with van der Waals surface area (Å²) in [4.78, 5) is 19.1. The summed E-state index contributed by atoms with van der Waals surface area (Å²) < 4.78 is 18.3. The van der Waals surface area contributed by atoms with Crippen molar-refractivity contribution in [1.82, 2.24) is 20.4 Å². The lowest BCUT2D eigenvalue weighted by molar-refractivity contribution is -0.121. The first-order chi connectivity index (χ1) is 15.1. The first kappa shape index (κ1) is 22.6. The van der Waals surface area contributed by atoms with Crippen LogP contribution >= 0.6 is 0 Å². The van der Waals surface area contributed by atoms with Crippen molar-refractivity contribution in [3.8, 4) is 11.4 Å². The third-order valence-corrected chi connectivity index (χ3v) is 5.31. The maximum Gasteiger partial charge on any atom is 0.227 e. The Morgan fingerprint density at radius 1 is 1.10 bits per heavy atom. The predicted octanol–water partition coefficient (Wildman–Crippen LogP) is 3.88. The van der Waals surface area contributed by atoms with Gasteiger partial charge >= 0.3 is 0 Å². The van der Waals surface area contributed by atoms with Crippen molar-refractivity contribution in [2.24, 2.45) is 0 Å². The predicted molar refractivity (Wildman–Crippen MR) is 118 cm³/mol. The Morgan fingerprint density at radius 3 is 2.48 bits per heavy atom. The minimum absolute atomic E-state index is 0.0493. The van der Waals surface area contributed by atoms with E-state index in [1.54, 1.807) is 12.1 Å². The standard InChI is InChI=1S/C24H29FN4O2/c1-3-29(4-2)21(16-18-8-6-5-7-9-18)17-26-22(30)14-15-23-27-24(28-31-23)19-10-12-20(25)13-11-19/h5-13,21H,3-4,14-17H2,1-2H3,(H,26,30). The van der Waals surface area contributed by atoms with Crippen molar-refractivity contribution in [3.05, 3.63) is 71.9 Å². The van der Waals surface area contributed by atoms with Crippen molar-refractivity contribution in [1.29, 1.82) is 0 Å². The van der Waals surface area contributed by atoms with Gasteiger partial charge in [0.1, 0.15) is 5.82 Å². The third kappa shape index (κ3) is 6.72. The Hall–Kier alpha value is -3.06. The largest absolute Gasteiger partial charge is 0.355 e. The second-order valence-electron chi connectivity index (χ2n) is 7.39. The smallest absolute Gasteiger partial charge is 0.227 e. The van der Waals surface area contributed by atoms with E-state index in [2.05, 4.69) is 46.3 Å². The van der Waals surface area contributed by atoms with Crippen LogP contribution in [0.2, 0.25) is 0 Å². The van der Waals surface area contributed by atoms with Gasteiger partial charge in [0.2, 0.25) is 17.6 Å². The minimum atomic E-state index is -0.320. The summed E-state index contributed by atoms with van der Waals surface area (Å²) in [5, 5.41) is 6.97. The van der Waals surface area contributed by atoms with Crippen LogP contribution in [0.25, 0.3) is 11.4 Å². The number of aryl methyl sites for hydroxylation is 1. The molecule has 0 spiro atoms. The van der Waals surface area contributed by atoms with Gasteiger partial charge in [0.25, 0.3) is 0 Å². The summed E-state index contributed by atoms with van der Waals surface area (Å²) >= 11 is 0. The number of benzene rings is 2. The molecule has 7 heteroatoms. The molecule has 3 aromatic rings. The Balaban J connectivity index is 1.51. The summed E-state index contributed by atoms with van der Waals surface area (Å²) in [6.07, 6.45) is 1.50. The lowest BCUT2D eigenvalue weighted by Crippen LogP contribution is -2.45. The monoisotopic (exact) mass is 424 g/mol. The molecule has 0 bridgehead atoms. The molecule has 3 rings (SSSR count). The van der Waals surface area contributed by atoms with Gasteiger partial charge in [0.05, 0.1) is 0 Å². The Kier molecular flexibility index (Phi) is 8.29. The summed E-state index contributed by atoms with van der Waals surface area (Å²) in [5.74, 6) is 0.407. The number of nitrogens with one attached hydrogen (secondary N) is 1. The maximum absolute atomic E-state index is 13.1. The fraction of sp³-hybridized carbons (Fsp3) is 0.375. The number of likely N-dealkylation sites (N-methyl/N-ethyl adjacent to an activating group) is 1. The molecule has 0 aliphatic carbocycles. The second kappa shape index (κ2) is 11.4. The average molecular weight is 425 g/mol. The summed E-state index contributed by atoms with van der Waals surface area (Å²) in [5.41, 5.74) is 1.93. The second-order valence-corrected chi connectivity index (χ2v) is 7.39. The zero-order chi connectivity index (χ0) is 22.1. The van der Waals surface area contributed by atoms with Crippen LogP contribution in [0.1, 0.15) is 31.7 Å². The van der Waals surface area contributed by atoms with E-state index < -0.39 is 0 Å². The molecule has 1 heterocycles. The van der Waals surface area contributed by atoms with Crippen molar-refractivity contribution in [2.45, 2.75) is 39.2 Å². The Labute approximate surface area is 182 Å². The van der Waals surface area contributed by atoms with Gasteiger partial charge in [0.15, 0.2) is 0 Å². The lowest BCUT2D eigenvalue weighted by atomic mass is 10.0. The van der Waals surface area contributed by atoms with Crippen molar-refractivity contribution >= 4 is 5.91 Å². The van der Waals surface area contributed by atoms with E-state index in [1.165, 1.54) is 17.7 Å². The number of aromatic nitrogens is 2. The van der Waals surface area contributed by atoms with Crippen LogP contribution in [0.3, 0.4) is 0 Å². The van der Waals surface area contributed by atoms with Crippen LogP contribution in [0, 0.1) is 5.82 Å². The van der Waals surface area contributed by atoms with Crippen molar-refractivity contribution < 1.29 is 13.7 Å². The number of nitrogens with zero attached hydrogens (tertiary/aromatic N) is 3. The number of hydrogen-bond acceptors (Lipinski definition) is 5. The molecule has 0 aliphatic heterocycles. The van der Waals surface area contributed by atoms with E-state index in [1.807, 2.05) is 18.2 Å². The fourth-order valence-electron chi connectivity index (χ4n) is 3.57. The number of carbonyl (C=O) groups is 1. The van der Waals surface area contributed by atoms with Gasteiger partial charge in [0, 0.05) is 31.0 Å². The summed E-state index contributed by atoms with van der Waals surface area (Å²) in [6, 6.07) is 16.4. The molecule has 1 aromatic heterocycles. The fourth-order valence-corrected chi connectivity index (χ4v) is 3.57. The summed E-state index contributed by atoms with van der Waals surface area (Å²) in [7, 11) is 0. The molecule has 1 N–H and O–H groups in total. The number of halogens is 1. The molecule has 0 saturated heterocycles. The Bertz CT molecular complexity index is 940. The van der Waals surface area contributed by atoms with Crippen LogP contribution < -0.4 is 5.32 Å². The number of amides is 1. The molecule has 31 heavy (non-hydrogen) atoms. The Morgan fingerprint density at radius 2 is 1.81 bits per heavy atom. The van der Waals surface area contributed by atoms with Crippen molar-refractivity contribution in [2.75, 3.05) is 19.6 Å². The first-order valence-electron chi connectivity index (χ1n) is 10.7. The van der Waals surface area contributed by atoms with Gasteiger partial charge in [-0.05, 0) is 49.3 Å². The first-order valence-corrected chi connectivity index (χ1v) is 10.7. The van der Waals surface area contributed by atoms with E-state index in [0.717, 1.165) is 19.5 Å². The highest BCUT2D eigenvalue weighted by atomic mass is 19.1. The number of carbonyl (C=O) groups excluding carboxylic acids is 1. The van der Waals surface area contributed by atoms with Gasteiger partial charge in [-0.2, -0.15) is 4.98 Å². The van der Waals surface area contributed by atoms with Crippen LogP contribution in [0.4, 0.5) is 4.39 Å². The zero-order valence-electron chi connectivity index (χ0n) is 18.1. The molecular weight excluding hydrogens is 395 g/mol. The van der Waals surface area contributed by atoms with E-state index in [9.17, 15) is 9.18 Å². The van der Waals surface area contributed by atoms with Gasteiger partial charge < -0.3 is 9.84 Å². The molecule has 1 amide bonds. The molecule has 0 radical (unpaired) electrons. The SMILES string of the molecule is CCN(CC)C(CNC(=O)CCc1nc(-c2ccc(F)cc2)no1)Cc1ccccc1. The molecule has 6 nitrogen and oxygen atoms in total. The molecule has 0 aliphatic rings. The zero-order valence-corrected chi connectivity index (χ0v) is 18.1. The third-order valence-electron chi connectivity index (χ3n) is 5.31. The van der Waals surface area contributed by atoms with E-state index in [-0.39, 0.29) is 24.2 Å². The van der Waals surface area contributed by atoms with E-state index in [4.69, 9.17) is 4.52 Å². The van der Waals surface area contributed by atoms with Crippen molar-refractivity contribution in [3.63, 3.8) is 0 Å². The van der Waals surface area contributed by atoms with Crippen LogP contribution in [0.15, 0.2) is 59.1 Å².